The van der Waals surface area contributed by atoms with Crippen LogP contribution in [0.1, 0.15) is 38.8 Å². The molecule has 1 aromatic carbocycles. The molecule has 29 heavy (non-hydrogen) atoms. The number of thiazole rings is 1. The number of fused-ring (bicyclic) bond motifs is 1. The lowest BCUT2D eigenvalue weighted by Gasteiger charge is -2.26. The van der Waals surface area contributed by atoms with Crippen molar-refractivity contribution in [3.8, 4) is 0 Å². The fourth-order valence-corrected chi connectivity index (χ4v) is 4.89. The summed E-state index contributed by atoms with van der Waals surface area (Å²) in [5.74, 6) is -0.198. The van der Waals surface area contributed by atoms with E-state index in [-0.39, 0.29) is 11.6 Å². The van der Waals surface area contributed by atoms with Crippen LogP contribution in [-0.2, 0) is 24.0 Å². The van der Waals surface area contributed by atoms with Crippen LogP contribution in [0.4, 0.5) is 11.4 Å². The van der Waals surface area contributed by atoms with Crippen LogP contribution >= 0.6 is 11.3 Å². The number of anilines is 1. The second-order valence-electron chi connectivity index (χ2n) is 7.25. The Labute approximate surface area is 173 Å². The second kappa shape index (κ2) is 8.87. The zero-order valence-electron chi connectivity index (χ0n) is 16.2. The van der Waals surface area contributed by atoms with E-state index in [4.69, 9.17) is 9.72 Å². The number of carbonyl (C=O) groups excluding carboxylic acids is 1. The number of carbonyl (C=O) groups is 1. The Morgan fingerprint density at radius 1 is 1.28 bits per heavy atom. The van der Waals surface area contributed by atoms with E-state index in [0.29, 0.717) is 44.1 Å². The summed E-state index contributed by atoms with van der Waals surface area (Å²) in [6.07, 6.45) is 5.34. The van der Waals surface area contributed by atoms with Crippen molar-refractivity contribution in [3.63, 3.8) is 0 Å². The molecule has 2 heterocycles. The number of ether oxygens (including phenoxy) is 1. The Kier molecular flexibility index (Phi) is 6.05. The highest BCUT2D eigenvalue weighted by molar-refractivity contribution is 7.11. The minimum atomic E-state index is -0.444. The molecule has 4 rings (SSSR count). The summed E-state index contributed by atoms with van der Waals surface area (Å²) in [5.41, 5.74) is 1.90. The van der Waals surface area contributed by atoms with Crippen LogP contribution in [0.15, 0.2) is 18.2 Å². The maximum absolute atomic E-state index is 12.6. The van der Waals surface area contributed by atoms with Crippen molar-refractivity contribution in [1.82, 2.24) is 9.88 Å². The number of benzene rings is 1. The number of nitro groups is 1. The van der Waals surface area contributed by atoms with Crippen molar-refractivity contribution in [2.45, 2.75) is 32.1 Å². The first-order chi connectivity index (χ1) is 14.1. The lowest BCUT2D eigenvalue weighted by atomic mass is 10.0. The van der Waals surface area contributed by atoms with Crippen LogP contribution in [0.25, 0.3) is 0 Å². The molecule has 8 nitrogen and oxygen atoms in total. The first-order valence-electron chi connectivity index (χ1n) is 9.98. The van der Waals surface area contributed by atoms with E-state index in [1.165, 1.54) is 29.5 Å². The molecule has 1 fully saturated rings. The largest absolute Gasteiger partial charge is 0.379 e. The van der Waals surface area contributed by atoms with Gasteiger partial charge in [-0.3, -0.25) is 14.9 Å². The molecule has 2 aromatic rings. The molecule has 1 aliphatic heterocycles. The molecule has 0 bridgehead atoms. The van der Waals surface area contributed by atoms with E-state index < -0.39 is 4.92 Å². The average Bonchev–Trinajstić information content (AvgIpc) is 3.16. The average molecular weight is 417 g/mol. The summed E-state index contributed by atoms with van der Waals surface area (Å²) in [6.45, 7) is 2.56. The molecule has 1 amide bonds. The molecule has 1 aliphatic carbocycles. The molecular formula is C20H24N4O4S. The molecule has 1 saturated heterocycles. The van der Waals surface area contributed by atoms with E-state index in [1.807, 2.05) is 0 Å². The molecule has 154 valence electrons. The Morgan fingerprint density at radius 2 is 2.07 bits per heavy atom. The number of aromatic nitrogens is 1. The van der Waals surface area contributed by atoms with Crippen molar-refractivity contribution in [1.29, 1.82) is 0 Å². The number of hydrogen-bond acceptors (Lipinski definition) is 7. The number of nitro benzene ring substituents is 1. The Hall–Kier alpha value is -2.52. The van der Waals surface area contributed by atoms with E-state index in [1.54, 1.807) is 28.4 Å². The maximum atomic E-state index is 12.6. The third-order valence-corrected chi connectivity index (χ3v) is 6.50. The fraction of sp³-hybridized carbons (Fsp3) is 0.500. The fourth-order valence-electron chi connectivity index (χ4n) is 3.73. The van der Waals surface area contributed by atoms with Crippen LogP contribution in [0.5, 0.6) is 0 Å². The highest BCUT2D eigenvalue weighted by Crippen LogP contribution is 2.28. The first kappa shape index (κ1) is 19.8. The third kappa shape index (κ3) is 4.56. The van der Waals surface area contributed by atoms with Gasteiger partial charge in [-0.25, -0.2) is 4.98 Å². The lowest BCUT2D eigenvalue weighted by molar-refractivity contribution is -0.384. The van der Waals surface area contributed by atoms with Crippen molar-refractivity contribution < 1.29 is 14.5 Å². The van der Waals surface area contributed by atoms with Crippen molar-refractivity contribution >= 4 is 28.6 Å². The quantitative estimate of drug-likeness (QED) is 0.574. The molecule has 1 aromatic heterocycles. The SMILES string of the molecule is O=C(c1ccc(NCCc2nc3c(s2)CCCC3)c([N+](=O)[O-])c1)N1CCOCC1. The lowest BCUT2D eigenvalue weighted by Crippen LogP contribution is -2.40. The number of amides is 1. The van der Waals surface area contributed by atoms with Crippen LogP contribution in [-0.4, -0.2) is 53.6 Å². The zero-order valence-corrected chi connectivity index (χ0v) is 17.0. The van der Waals surface area contributed by atoms with E-state index >= 15 is 0 Å². The molecule has 9 heteroatoms. The first-order valence-corrected chi connectivity index (χ1v) is 10.8. The van der Waals surface area contributed by atoms with Crippen LogP contribution in [0.2, 0.25) is 0 Å². The summed E-state index contributed by atoms with van der Waals surface area (Å²) in [6, 6.07) is 4.64. The number of rotatable bonds is 6. The zero-order chi connectivity index (χ0) is 20.2. The highest BCUT2D eigenvalue weighted by atomic mass is 32.1. The van der Waals surface area contributed by atoms with Crippen molar-refractivity contribution in [2.75, 3.05) is 38.2 Å². The van der Waals surface area contributed by atoms with Gasteiger partial charge in [0.15, 0.2) is 0 Å². The third-order valence-electron chi connectivity index (χ3n) is 5.28. The molecule has 1 N–H and O–H groups in total. The maximum Gasteiger partial charge on any atom is 0.293 e. The second-order valence-corrected chi connectivity index (χ2v) is 8.42. The summed E-state index contributed by atoms with van der Waals surface area (Å²) < 4.78 is 5.26. The Bertz CT molecular complexity index is 884. The molecular weight excluding hydrogens is 392 g/mol. The molecule has 0 atom stereocenters. The van der Waals surface area contributed by atoms with Gasteiger partial charge in [0.2, 0.25) is 0 Å². The number of nitrogens with zero attached hydrogens (tertiary/aromatic N) is 3. The summed E-state index contributed by atoms with van der Waals surface area (Å²) >= 11 is 1.76. The number of nitrogens with one attached hydrogen (secondary N) is 1. The molecule has 0 saturated carbocycles. The molecule has 0 spiro atoms. The van der Waals surface area contributed by atoms with Gasteiger partial charge in [0.1, 0.15) is 5.69 Å². The van der Waals surface area contributed by atoms with Gasteiger partial charge in [-0.2, -0.15) is 0 Å². The van der Waals surface area contributed by atoms with Gasteiger partial charge in [-0.1, -0.05) is 0 Å². The van der Waals surface area contributed by atoms with E-state index in [2.05, 4.69) is 5.32 Å². The minimum Gasteiger partial charge on any atom is -0.379 e. The van der Waals surface area contributed by atoms with Gasteiger partial charge < -0.3 is 15.0 Å². The van der Waals surface area contributed by atoms with Crippen LogP contribution in [0.3, 0.4) is 0 Å². The number of aryl methyl sites for hydroxylation is 2. The summed E-state index contributed by atoms with van der Waals surface area (Å²) in [4.78, 5) is 31.5. The molecule has 2 aliphatic rings. The summed E-state index contributed by atoms with van der Waals surface area (Å²) in [5, 5.41) is 15.8. The minimum absolute atomic E-state index is 0.0810. The van der Waals surface area contributed by atoms with Crippen LogP contribution < -0.4 is 5.32 Å². The number of hydrogen-bond donors (Lipinski definition) is 1. The monoisotopic (exact) mass is 416 g/mol. The highest BCUT2D eigenvalue weighted by Gasteiger charge is 2.23. The Balaban J connectivity index is 1.42. The van der Waals surface area contributed by atoms with E-state index in [0.717, 1.165) is 24.3 Å². The van der Waals surface area contributed by atoms with E-state index in [9.17, 15) is 14.9 Å². The standard InChI is InChI=1S/C20H24N4O4S/c25-20(23-9-11-28-12-10-23)14-5-6-15(17(13-14)24(26)27)21-8-7-19-22-16-3-1-2-4-18(16)29-19/h5-6,13,21H,1-4,7-12H2. The van der Waals surface area contributed by atoms with Crippen molar-refractivity contribution in [3.05, 3.63) is 49.5 Å². The van der Waals surface area contributed by atoms with Gasteiger partial charge in [0.05, 0.1) is 28.8 Å². The van der Waals surface area contributed by atoms with Gasteiger partial charge in [0, 0.05) is 42.6 Å². The van der Waals surface area contributed by atoms with Gasteiger partial charge >= 0.3 is 0 Å². The molecule has 0 unspecified atom stereocenters. The molecule has 0 radical (unpaired) electrons. The smallest absolute Gasteiger partial charge is 0.293 e. The van der Waals surface area contributed by atoms with Crippen molar-refractivity contribution in [2.24, 2.45) is 0 Å². The topological polar surface area (TPSA) is 97.6 Å². The normalized spacial score (nSPS) is 16.3. The van der Waals surface area contributed by atoms with Crippen LogP contribution in [0, 0.1) is 10.1 Å². The van der Waals surface area contributed by atoms with Gasteiger partial charge in [-0.05, 0) is 37.8 Å². The van der Waals surface area contributed by atoms with Gasteiger partial charge in [0.25, 0.3) is 11.6 Å². The van der Waals surface area contributed by atoms with Gasteiger partial charge in [-0.15, -0.1) is 11.3 Å². The predicted octanol–water partition coefficient (Wildman–Crippen LogP) is 3.06. The Morgan fingerprint density at radius 3 is 2.83 bits per heavy atom. The number of morpholine rings is 1. The summed E-state index contributed by atoms with van der Waals surface area (Å²) in [7, 11) is 0. The predicted molar refractivity (Wildman–Crippen MR) is 111 cm³/mol.